The molecular weight excluding hydrogens is 526 g/mol. The third-order valence-corrected chi connectivity index (χ3v) is 6.62. The fourth-order valence-electron chi connectivity index (χ4n) is 4.43. The minimum atomic E-state index is -3.00. The second-order valence-electron chi connectivity index (χ2n) is 9.59. The van der Waals surface area contributed by atoms with E-state index in [1.54, 1.807) is 30.3 Å². The molecule has 1 unspecified atom stereocenters. The number of alkyl carbamates (subject to hydrolysis) is 1. The van der Waals surface area contributed by atoms with E-state index in [0.717, 1.165) is 11.3 Å². The van der Waals surface area contributed by atoms with Gasteiger partial charge >= 0.3 is 18.1 Å². The van der Waals surface area contributed by atoms with Crippen LogP contribution in [0.15, 0.2) is 59.6 Å². The van der Waals surface area contributed by atoms with Gasteiger partial charge in [0.2, 0.25) is 5.91 Å². The zero-order valence-corrected chi connectivity index (χ0v) is 21.7. The van der Waals surface area contributed by atoms with Gasteiger partial charge in [-0.25, -0.2) is 9.59 Å². The van der Waals surface area contributed by atoms with Gasteiger partial charge in [-0.3, -0.25) is 15.1 Å². The highest BCUT2D eigenvalue weighted by atomic mass is 19.3. The predicted molar refractivity (Wildman–Crippen MR) is 144 cm³/mol. The minimum absolute atomic E-state index is 0.00943. The lowest BCUT2D eigenvalue weighted by atomic mass is 9.95. The van der Waals surface area contributed by atoms with Gasteiger partial charge in [0, 0.05) is 36.9 Å². The molecular formula is C27H32F2N6O5. The van der Waals surface area contributed by atoms with Gasteiger partial charge in [0.25, 0.3) is 0 Å². The summed E-state index contributed by atoms with van der Waals surface area (Å²) in [5.74, 6) is -1.89. The molecule has 11 nitrogen and oxygen atoms in total. The first kappa shape index (κ1) is 28.6. The van der Waals surface area contributed by atoms with Crippen molar-refractivity contribution in [1.82, 2.24) is 16.0 Å². The number of carboxylic acid groups (broad SMARTS) is 1. The van der Waals surface area contributed by atoms with Crippen LogP contribution < -0.4 is 26.2 Å². The van der Waals surface area contributed by atoms with Crippen LogP contribution in [0.4, 0.5) is 25.0 Å². The molecule has 0 radical (unpaired) electrons. The number of ether oxygens (including phenoxy) is 1. The summed E-state index contributed by atoms with van der Waals surface area (Å²) in [5, 5.41) is 19.3. The van der Waals surface area contributed by atoms with Crippen LogP contribution in [0.5, 0.6) is 0 Å². The molecule has 4 rings (SSSR count). The minimum Gasteiger partial charge on any atom is -0.480 e. The first-order chi connectivity index (χ1) is 19.2. The molecule has 214 valence electrons. The topological polar surface area (TPSA) is 144 Å². The van der Waals surface area contributed by atoms with Crippen LogP contribution in [0.2, 0.25) is 0 Å². The van der Waals surface area contributed by atoms with Crippen molar-refractivity contribution in [2.75, 3.05) is 36.4 Å². The number of carbonyl (C=O) groups is 3. The van der Waals surface area contributed by atoms with E-state index in [-0.39, 0.29) is 43.9 Å². The van der Waals surface area contributed by atoms with Gasteiger partial charge in [0.05, 0.1) is 13.0 Å². The summed E-state index contributed by atoms with van der Waals surface area (Å²) >= 11 is 0. The number of halogens is 2. The Kier molecular flexibility index (Phi) is 9.35. The quantitative estimate of drug-likeness (QED) is 0.296. The average molecular weight is 559 g/mol. The van der Waals surface area contributed by atoms with E-state index >= 15 is 0 Å². The fourth-order valence-corrected chi connectivity index (χ4v) is 4.43. The number of rotatable bonds is 9. The Balaban J connectivity index is 1.22. The fraction of sp³-hybridized carbons (Fsp3) is 0.407. The van der Waals surface area contributed by atoms with Crippen LogP contribution >= 0.6 is 0 Å². The van der Waals surface area contributed by atoms with E-state index in [4.69, 9.17) is 4.74 Å². The van der Waals surface area contributed by atoms with E-state index in [0.29, 0.717) is 31.6 Å². The van der Waals surface area contributed by atoms with Crippen molar-refractivity contribution in [3.63, 3.8) is 0 Å². The van der Waals surface area contributed by atoms with Crippen molar-refractivity contribution in [3.05, 3.63) is 60.2 Å². The first-order valence-corrected chi connectivity index (χ1v) is 13.0. The second kappa shape index (κ2) is 13.1. The summed E-state index contributed by atoms with van der Waals surface area (Å²) in [6.07, 6.45) is -0.173. The largest absolute Gasteiger partial charge is 0.480 e. The highest BCUT2D eigenvalue weighted by Gasteiger charge is 2.32. The average Bonchev–Trinajstić information content (AvgIpc) is 2.94. The number of aliphatic carboxylic acids is 1. The Labute approximate surface area is 230 Å². The van der Waals surface area contributed by atoms with Crippen molar-refractivity contribution in [3.8, 4) is 0 Å². The molecule has 2 aliphatic rings. The Morgan fingerprint density at radius 1 is 1.12 bits per heavy atom. The smallest absolute Gasteiger partial charge is 0.408 e. The van der Waals surface area contributed by atoms with Crippen LogP contribution in [0.25, 0.3) is 0 Å². The number of piperidine rings is 1. The van der Waals surface area contributed by atoms with Crippen LogP contribution in [0.1, 0.15) is 24.8 Å². The Morgan fingerprint density at radius 2 is 1.88 bits per heavy atom. The van der Waals surface area contributed by atoms with Gasteiger partial charge in [-0.2, -0.15) is 8.78 Å². The molecule has 2 aromatic carbocycles. The summed E-state index contributed by atoms with van der Waals surface area (Å²) in [6, 6.07) is 11.9. The number of carbonyl (C=O) groups excluding carboxylic acids is 2. The molecule has 5 N–H and O–H groups in total. The van der Waals surface area contributed by atoms with Gasteiger partial charge in [-0.1, -0.05) is 36.4 Å². The molecule has 0 bridgehead atoms. The summed E-state index contributed by atoms with van der Waals surface area (Å²) < 4.78 is 32.2. The van der Waals surface area contributed by atoms with Gasteiger partial charge in [0.1, 0.15) is 12.6 Å². The third-order valence-electron chi connectivity index (χ3n) is 6.62. The summed E-state index contributed by atoms with van der Waals surface area (Å²) in [4.78, 5) is 42.5. The summed E-state index contributed by atoms with van der Waals surface area (Å²) in [5.41, 5.74) is 2.24. The van der Waals surface area contributed by atoms with Crippen molar-refractivity contribution in [1.29, 1.82) is 0 Å². The molecule has 1 atom stereocenters. The zero-order valence-electron chi connectivity index (χ0n) is 21.7. The van der Waals surface area contributed by atoms with Crippen LogP contribution in [0, 0.1) is 5.92 Å². The maximum absolute atomic E-state index is 13.6. The van der Waals surface area contributed by atoms with Crippen molar-refractivity contribution in [2.24, 2.45) is 10.9 Å². The van der Waals surface area contributed by atoms with Gasteiger partial charge in [0.15, 0.2) is 5.96 Å². The normalized spacial score (nSPS) is 17.6. The Hall–Kier alpha value is -4.42. The molecule has 13 heteroatoms. The van der Waals surface area contributed by atoms with E-state index in [2.05, 4.69) is 31.2 Å². The number of benzene rings is 2. The standard InChI is InChI=1S/C27H32F2N6O5/c28-27(29)11-12-30-25(34-27)32-20-7-4-8-21(15-20)35-13-9-19(10-14-35)23(36)31-16-22(24(37)38)33-26(39)40-17-18-5-2-1-3-6-18/h1-8,15,19,22H,9-14,16-17H2,(H,31,36)(H,33,39)(H,37,38)(H2,30,32,34). The maximum Gasteiger partial charge on any atom is 0.408 e. The predicted octanol–water partition coefficient (Wildman–Crippen LogP) is 2.75. The first-order valence-electron chi connectivity index (χ1n) is 13.0. The lowest BCUT2D eigenvalue weighted by Crippen LogP contribution is -2.50. The number of aliphatic imine (C=N–C) groups is 1. The van der Waals surface area contributed by atoms with E-state index < -0.39 is 24.2 Å². The molecule has 2 amide bonds. The molecule has 1 fully saturated rings. The lowest BCUT2D eigenvalue weighted by molar-refractivity contribution is -0.139. The Bertz CT molecular complexity index is 1220. The molecule has 40 heavy (non-hydrogen) atoms. The lowest BCUT2D eigenvalue weighted by Gasteiger charge is -2.33. The number of hydrogen-bond donors (Lipinski definition) is 5. The van der Waals surface area contributed by atoms with Crippen LogP contribution in [-0.2, 0) is 20.9 Å². The highest BCUT2D eigenvalue weighted by molar-refractivity contribution is 5.94. The molecule has 2 aliphatic heterocycles. The van der Waals surface area contributed by atoms with E-state index in [1.807, 2.05) is 24.3 Å². The number of carboxylic acids is 1. The molecule has 0 aliphatic carbocycles. The summed E-state index contributed by atoms with van der Waals surface area (Å²) in [6.45, 7) is 0.889. The second-order valence-corrected chi connectivity index (χ2v) is 9.59. The molecule has 1 saturated heterocycles. The molecule has 0 saturated carbocycles. The highest BCUT2D eigenvalue weighted by Crippen LogP contribution is 2.26. The SMILES string of the molecule is O=C(NC(CNC(=O)C1CCN(c2cccc(NC3=NCCC(F)(F)N3)c2)CC1)C(=O)O)OCc1ccccc1. The van der Waals surface area contributed by atoms with Crippen molar-refractivity contribution < 1.29 is 33.0 Å². The third kappa shape index (κ3) is 8.29. The number of nitrogens with one attached hydrogen (secondary N) is 4. The van der Waals surface area contributed by atoms with Crippen LogP contribution in [0.3, 0.4) is 0 Å². The maximum atomic E-state index is 13.6. The molecule has 0 spiro atoms. The number of alkyl halides is 2. The number of amides is 2. The molecule has 2 aromatic rings. The molecule has 2 heterocycles. The van der Waals surface area contributed by atoms with Crippen molar-refractivity contribution >= 4 is 35.3 Å². The number of anilines is 2. The summed E-state index contributed by atoms with van der Waals surface area (Å²) in [7, 11) is 0. The van der Waals surface area contributed by atoms with Gasteiger partial charge < -0.3 is 30.7 Å². The van der Waals surface area contributed by atoms with Gasteiger partial charge in [-0.05, 0) is 36.6 Å². The molecule has 0 aromatic heterocycles. The zero-order chi connectivity index (χ0) is 28.5. The number of hydrogen-bond acceptors (Lipinski definition) is 8. The number of nitrogens with zero attached hydrogens (tertiary/aromatic N) is 2. The number of guanidine groups is 1. The van der Waals surface area contributed by atoms with Crippen LogP contribution in [-0.4, -0.2) is 67.3 Å². The Morgan fingerprint density at radius 3 is 2.58 bits per heavy atom. The van der Waals surface area contributed by atoms with E-state index in [1.165, 1.54) is 0 Å². The van der Waals surface area contributed by atoms with E-state index in [9.17, 15) is 28.3 Å². The van der Waals surface area contributed by atoms with Crippen molar-refractivity contribution in [2.45, 2.75) is 38.0 Å². The monoisotopic (exact) mass is 558 g/mol. The van der Waals surface area contributed by atoms with Gasteiger partial charge in [-0.15, -0.1) is 0 Å².